The van der Waals surface area contributed by atoms with Gasteiger partial charge in [-0.2, -0.15) is 4.31 Å². The van der Waals surface area contributed by atoms with Gasteiger partial charge in [-0.05, 0) is 23.8 Å². The van der Waals surface area contributed by atoms with Gasteiger partial charge in [0.2, 0.25) is 15.9 Å². The molecule has 1 N–H and O–H groups in total. The number of amides is 1. The van der Waals surface area contributed by atoms with E-state index in [-0.39, 0.29) is 18.2 Å². The van der Waals surface area contributed by atoms with Crippen molar-refractivity contribution in [2.24, 2.45) is 0 Å². The number of rotatable bonds is 6. The minimum Gasteiger partial charge on any atom is -0.325 e. The molecule has 1 aliphatic heterocycles. The summed E-state index contributed by atoms with van der Waals surface area (Å²) in [4.78, 5) is 14.1. The van der Waals surface area contributed by atoms with Crippen LogP contribution in [0.4, 0.5) is 5.69 Å². The fraction of sp³-hybridized carbons (Fsp3) is 0.316. The second kappa shape index (κ2) is 8.84. The van der Waals surface area contributed by atoms with Gasteiger partial charge in [-0.25, -0.2) is 8.42 Å². The number of benzene rings is 2. The highest BCUT2D eigenvalue weighted by Gasteiger charge is 2.27. The average molecular weight is 408 g/mol. The third-order valence-electron chi connectivity index (χ3n) is 4.39. The van der Waals surface area contributed by atoms with Crippen molar-refractivity contribution in [3.8, 4) is 0 Å². The van der Waals surface area contributed by atoms with Crippen LogP contribution in [0.15, 0.2) is 54.6 Å². The number of nitrogens with zero attached hydrogens (tertiary/aromatic N) is 2. The van der Waals surface area contributed by atoms with Gasteiger partial charge >= 0.3 is 0 Å². The Morgan fingerprint density at radius 2 is 1.70 bits per heavy atom. The Balaban J connectivity index is 1.49. The zero-order valence-electron chi connectivity index (χ0n) is 14.8. The number of anilines is 1. The van der Waals surface area contributed by atoms with Crippen molar-refractivity contribution in [2.45, 2.75) is 5.75 Å². The van der Waals surface area contributed by atoms with Crippen molar-refractivity contribution in [1.29, 1.82) is 0 Å². The zero-order valence-corrected chi connectivity index (χ0v) is 16.4. The van der Waals surface area contributed by atoms with E-state index in [1.807, 2.05) is 35.2 Å². The second-order valence-electron chi connectivity index (χ2n) is 6.48. The number of sulfonamides is 1. The third kappa shape index (κ3) is 5.77. The van der Waals surface area contributed by atoms with Crippen molar-refractivity contribution >= 4 is 33.2 Å². The molecular weight excluding hydrogens is 386 g/mol. The molecule has 1 saturated heterocycles. The van der Waals surface area contributed by atoms with E-state index >= 15 is 0 Å². The van der Waals surface area contributed by atoms with E-state index in [0.29, 0.717) is 36.9 Å². The summed E-state index contributed by atoms with van der Waals surface area (Å²) in [7, 11) is -3.35. The molecule has 1 aliphatic rings. The Morgan fingerprint density at radius 3 is 2.37 bits per heavy atom. The van der Waals surface area contributed by atoms with Crippen LogP contribution in [0.25, 0.3) is 0 Å². The molecule has 1 heterocycles. The van der Waals surface area contributed by atoms with Gasteiger partial charge in [-0.1, -0.05) is 48.0 Å². The van der Waals surface area contributed by atoms with Gasteiger partial charge in [0, 0.05) is 36.9 Å². The molecule has 6 nitrogen and oxygen atoms in total. The van der Waals surface area contributed by atoms with Crippen molar-refractivity contribution in [3.05, 3.63) is 65.2 Å². The number of piperazine rings is 1. The molecule has 1 fully saturated rings. The minimum absolute atomic E-state index is 0.00307. The maximum atomic E-state index is 12.6. The lowest BCUT2D eigenvalue weighted by molar-refractivity contribution is -0.117. The summed E-state index contributed by atoms with van der Waals surface area (Å²) in [5, 5.41) is 3.37. The Morgan fingerprint density at radius 1 is 1.00 bits per heavy atom. The highest BCUT2D eigenvalue weighted by molar-refractivity contribution is 7.88. The van der Waals surface area contributed by atoms with Crippen LogP contribution in [0, 0.1) is 0 Å². The molecule has 0 aliphatic carbocycles. The van der Waals surface area contributed by atoms with Crippen molar-refractivity contribution < 1.29 is 13.2 Å². The fourth-order valence-corrected chi connectivity index (χ4v) is 4.72. The van der Waals surface area contributed by atoms with Gasteiger partial charge in [0.05, 0.1) is 12.3 Å². The van der Waals surface area contributed by atoms with E-state index in [1.54, 1.807) is 24.3 Å². The molecule has 0 aromatic heterocycles. The summed E-state index contributed by atoms with van der Waals surface area (Å²) in [6.45, 7) is 2.05. The Kier molecular flexibility index (Phi) is 6.49. The maximum Gasteiger partial charge on any atom is 0.238 e. The Bertz CT molecular complexity index is 882. The molecule has 2 aromatic carbocycles. The quantitative estimate of drug-likeness (QED) is 0.798. The highest BCUT2D eigenvalue weighted by atomic mass is 35.5. The predicted molar refractivity (Wildman–Crippen MR) is 107 cm³/mol. The minimum atomic E-state index is -3.35. The lowest BCUT2D eigenvalue weighted by Crippen LogP contribution is -2.50. The summed E-state index contributed by atoms with van der Waals surface area (Å²) in [6, 6.07) is 16.1. The van der Waals surface area contributed by atoms with E-state index in [0.717, 1.165) is 5.56 Å². The van der Waals surface area contributed by atoms with Crippen molar-refractivity contribution in [2.75, 3.05) is 38.0 Å². The first-order chi connectivity index (χ1) is 12.9. The molecule has 2 aromatic rings. The SMILES string of the molecule is O=C(CN1CCN(S(=O)(=O)Cc2ccccc2)CC1)Nc1cccc(Cl)c1. The third-order valence-corrected chi connectivity index (χ3v) is 6.48. The number of nitrogens with one attached hydrogen (secondary N) is 1. The van der Waals surface area contributed by atoms with Gasteiger partial charge in [0.25, 0.3) is 0 Å². The average Bonchev–Trinajstić information content (AvgIpc) is 2.62. The van der Waals surface area contributed by atoms with Crippen LogP contribution in [-0.4, -0.2) is 56.3 Å². The standard InChI is InChI=1S/C19H22ClN3O3S/c20-17-7-4-8-18(13-17)21-19(24)14-22-9-11-23(12-10-22)27(25,26)15-16-5-2-1-3-6-16/h1-8,13H,9-12,14-15H2,(H,21,24). The smallest absolute Gasteiger partial charge is 0.238 e. The van der Waals surface area contributed by atoms with Crippen molar-refractivity contribution in [3.63, 3.8) is 0 Å². The summed E-state index contributed by atoms with van der Waals surface area (Å²) in [5.74, 6) is -0.138. The van der Waals surface area contributed by atoms with Crippen LogP contribution in [0.3, 0.4) is 0 Å². The van der Waals surface area contributed by atoms with Crippen LogP contribution >= 0.6 is 11.6 Å². The molecule has 0 spiro atoms. The summed E-state index contributed by atoms with van der Waals surface area (Å²) < 4.78 is 26.7. The lowest BCUT2D eigenvalue weighted by atomic mass is 10.2. The van der Waals surface area contributed by atoms with E-state index in [9.17, 15) is 13.2 Å². The first-order valence-electron chi connectivity index (χ1n) is 8.72. The molecule has 8 heteroatoms. The van der Waals surface area contributed by atoms with E-state index in [4.69, 9.17) is 11.6 Å². The molecular formula is C19H22ClN3O3S. The maximum absolute atomic E-state index is 12.6. The number of hydrogen-bond acceptors (Lipinski definition) is 4. The van der Waals surface area contributed by atoms with E-state index in [1.165, 1.54) is 4.31 Å². The van der Waals surface area contributed by atoms with Crippen molar-refractivity contribution in [1.82, 2.24) is 9.21 Å². The summed E-state index contributed by atoms with van der Waals surface area (Å²) in [6.07, 6.45) is 0. The highest BCUT2D eigenvalue weighted by Crippen LogP contribution is 2.16. The molecule has 0 bridgehead atoms. The second-order valence-corrected chi connectivity index (χ2v) is 8.88. The van der Waals surface area contributed by atoms with Gasteiger partial charge in [-0.3, -0.25) is 9.69 Å². The Labute approximate surface area is 164 Å². The predicted octanol–water partition coefficient (Wildman–Crippen LogP) is 2.43. The number of carbonyl (C=O) groups excluding carboxylic acids is 1. The first-order valence-corrected chi connectivity index (χ1v) is 10.7. The van der Waals surface area contributed by atoms with Crippen LogP contribution in [0.5, 0.6) is 0 Å². The normalized spacial score (nSPS) is 16.2. The summed E-state index contributed by atoms with van der Waals surface area (Å²) >= 11 is 5.91. The summed E-state index contributed by atoms with van der Waals surface area (Å²) in [5.41, 5.74) is 1.43. The molecule has 27 heavy (non-hydrogen) atoms. The van der Waals surface area contributed by atoms with E-state index < -0.39 is 10.0 Å². The van der Waals surface area contributed by atoms with Gasteiger partial charge in [-0.15, -0.1) is 0 Å². The molecule has 3 rings (SSSR count). The van der Waals surface area contributed by atoms with Gasteiger partial charge in [0.1, 0.15) is 0 Å². The molecule has 0 atom stereocenters. The number of halogens is 1. The largest absolute Gasteiger partial charge is 0.325 e. The van der Waals surface area contributed by atoms with Crippen LogP contribution in [-0.2, 0) is 20.6 Å². The monoisotopic (exact) mass is 407 g/mol. The van der Waals surface area contributed by atoms with Crippen LogP contribution in [0.2, 0.25) is 5.02 Å². The molecule has 0 radical (unpaired) electrons. The zero-order chi connectivity index (χ0) is 19.3. The number of carbonyl (C=O) groups is 1. The molecule has 144 valence electrons. The van der Waals surface area contributed by atoms with E-state index in [2.05, 4.69) is 5.32 Å². The molecule has 0 unspecified atom stereocenters. The van der Waals surface area contributed by atoms with Crippen LogP contribution in [0.1, 0.15) is 5.56 Å². The van der Waals surface area contributed by atoms with Gasteiger partial charge in [0.15, 0.2) is 0 Å². The van der Waals surface area contributed by atoms with Crippen LogP contribution < -0.4 is 5.32 Å². The number of hydrogen-bond donors (Lipinski definition) is 1. The fourth-order valence-electron chi connectivity index (χ4n) is 3.01. The topological polar surface area (TPSA) is 69.7 Å². The molecule has 1 amide bonds. The first kappa shape index (κ1) is 19.8. The van der Waals surface area contributed by atoms with Gasteiger partial charge < -0.3 is 5.32 Å². The lowest BCUT2D eigenvalue weighted by Gasteiger charge is -2.33. The molecule has 0 saturated carbocycles. The Hall–Kier alpha value is -1.93.